The van der Waals surface area contributed by atoms with Gasteiger partial charge in [0.2, 0.25) is 0 Å². The molecule has 2 fully saturated rings. The third-order valence-electron chi connectivity index (χ3n) is 8.22. The second kappa shape index (κ2) is 12.7. The summed E-state index contributed by atoms with van der Waals surface area (Å²) in [6, 6.07) is 15.9. The quantitative estimate of drug-likeness (QED) is 0.171. The normalized spacial score (nSPS) is 18.2. The van der Waals surface area contributed by atoms with Crippen molar-refractivity contribution in [3.63, 3.8) is 0 Å². The topological polar surface area (TPSA) is 100 Å². The van der Waals surface area contributed by atoms with Crippen LogP contribution in [0.5, 0.6) is 11.5 Å². The molecule has 4 aromatic rings. The predicted molar refractivity (Wildman–Crippen MR) is 161 cm³/mol. The van der Waals surface area contributed by atoms with Crippen molar-refractivity contribution in [1.29, 1.82) is 5.26 Å². The maximum absolute atomic E-state index is 15.6. The summed E-state index contributed by atoms with van der Waals surface area (Å²) in [5.74, 6) is 0.504. The number of para-hydroxylation sites is 1. The first-order valence-electron chi connectivity index (χ1n) is 14.5. The van der Waals surface area contributed by atoms with E-state index < -0.39 is 5.82 Å². The van der Waals surface area contributed by atoms with E-state index in [1.54, 1.807) is 33.8 Å². The van der Waals surface area contributed by atoms with Crippen molar-refractivity contribution in [2.75, 3.05) is 26.7 Å². The fourth-order valence-corrected chi connectivity index (χ4v) is 6.46. The zero-order chi connectivity index (χ0) is 29.9. The molecule has 218 valence electrons. The van der Waals surface area contributed by atoms with Crippen LogP contribution in [0, 0.1) is 23.1 Å². The van der Waals surface area contributed by atoms with Crippen molar-refractivity contribution in [2.45, 2.75) is 38.3 Å². The predicted octanol–water partition coefficient (Wildman–Crippen LogP) is 4.00. The molecule has 2 aliphatic rings. The molecular weight excluding hydrogens is 608 g/mol. The van der Waals surface area contributed by atoms with Crippen molar-refractivity contribution in [3.8, 4) is 28.8 Å². The Morgan fingerprint density at radius 3 is 2.65 bits per heavy atom. The van der Waals surface area contributed by atoms with Gasteiger partial charge in [0.1, 0.15) is 0 Å². The smallest absolute Gasteiger partial charge is 0.00162 e. The number of nitriles is 1. The number of hydrogen-bond acceptors (Lipinski definition) is 7. The van der Waals surface area contributed by atoms with Crippen LogP contribution in [0.25, 0.3) is 22.3 Å². The molecule has 6 rings (SSSR count). The van der Waals surface area contributed by atoms with E-state index in [1.807, 2.05) is 24.3 Å². The van der Waals surface area contributed by atoms with Crippen LogP contribution in [0.1, 0.15) is 25.7 Å². The first kappa shape index (κ1) is 29.0. The average molecular weight is 640 g/mol. The summed E-state index contributed by atoms with van der Waals surface area (Å²) in [5.41, 5.74) is 1.50. The first-order valence-corrected chi connectivity index (χ1v) is 15.4. The summed E-state index contributed by atoms with van der Waals surface area (Å²) in [5, 5.41) is 15.3. The Morgan fingerprint density at radius 2 is 1.91 bits per heavy atom. The van der Waals surface area contributed by atoms with Crippen LogP contribution in [0.15, 0.2) is 66.5 Å². The Hall–Kier alpha value is -4.06. The molecule has 0 aliphatic carbocycles. The van der Waals surface area contributed by atoms with E-state index in [0.29, 0.717) is 51.4 Å². The maximum atomic E-state index is 15.6. The van der Waals surface area contributed by atoms with Crippen LogP contribution in [0.2, 0.25) is 0 Å². The minimum Gasteiger partial charge on any atom is -0.00162 e. The number of hydrogen-bond donors (Lipinski definition) is 0. The molecule has 2 aliphatic heterocycles. The molecule has 0 saturated carbocycles. The summed E-state index contributed by atoms with van der Waals surface area (Å²) < 4.78 is 23.7. The van der Waals surface area contributed by atoms with Crippen LogP contribution in [0.3, 0.4) is 0 Å². The van der Waals surface area contributed by atoms with Crippen LogP contribution >= 0.6 is 0 Å². The number of likely N-dealkylation sites (tertiary alicyclic amines) is 2. The van der Waals surface area contributed by atoms with Gasteiger partial charge >= 0.3 is 234 Å². The number of allylic oxidation sites excluding steroid dienone is 1. The van der Waals surface area contributed by atoms with Crippen molar-refractivity contribution in [1.82, 2.24) is 29.5 Å². The number of carbonyl (C=O) groups excluding carboxylic acids is 1. The van der Waals surface area contributed by atoms with Crippen molar-refractivity contribution >= 4 is 38.3 Å². The molecule has 11 heteroatoms. The zero-order valence-electron chi connectivity index (χ0n) is 23.9. The molecule has 2 saturated heterocycles. The fraction of sp³-hybridized carbons (Fsp3) is 0.344. The molecule has 4 heterocycles. The van der Waals surface area contributed by atoms with Crippen molar-refractivity contribution < 1.29 is 13.9 Å². The molecule has 9 nitrogen and oxygen atoms in total. The number of aromatic nitrogens is 4. The Morgan fingerprint density at radius 1 is 1.12 bits per heavy atom. The third-order valence-corrected chi connectivity index (χ3v) is 8.93. The Labute approximate surface area is 258 Å². The summed E-state index contributed by atoms with van der Waals surface area (Å²) in [7, 11) is 2.09. The van der Waals surface area contributed by atoms with E-state index in [4.69, 9.17) is 9.84 Å². The van der Waals surface area contributed by atoms with Gasteiger partial charge in [0.05, 0.1) is 0 Å². The second-order valence-corrected chi connectivity index (χ2v) is 12.0. The molecule has 0 spiro atoms. The molecule has 0 bridgehead atoms. The van der Waals surface area contributed by atoms with Gasteiger partial charge in [-0.25, -0.2) is 0 Å². The van der Waals surface area contributed by atoms with Crippen molar-refractivity contribution in [3.05, 3.63) is 72.3 Å². The van der Waals surface area contributed by atoms with E-state index >= 15 is 4.39 Å². The fourth-order valence-electron chi connectivity index (χ4n) is 5.92. The van der Waals surface area contributed by atoms with Gasteiger partial charge in [0.15, 0.2) is 0 Å². The first-order chi connectivity index (χ1) is 20.9. The van der Waals surface area contributed by atoms with E-state index in [0.717, 1.165) is 38.8 Å². The SMILES string of the molecule is CN1CCC(C=C(C#N)C(=O)N2CCC[C@@H]2Cn2nc(-c3ccc(Oc4ccccc4)cc3F)c3c([As])ncnc32)CC1. The van der Waals surface area contributed by atoms with Gasteiger partial charge in [-0.05, 0) is 20.1 Å². The van der Waals surface area contributed by atoms with E-state index in [1.165, 1.54) is 12.4 Å². The van der Waals surface area contributed by atoms with E-state index in [9.17, 15) is 10.1 Å². The monoisotopic (exact) mass is 639 g/mol. The Balaban J connectivity index is 1.27. The van der Waals surface area contributed by atoms with Crippen LogP contribution < -0.4 is 9.22 Å². The van der Waals surface area contributed by atoms with E-state index in [-0.39, 0.29) is 23.4 Å². The second-order valence-electron chi connectivity index (χ2n) is 11.1. The summed E-state index contributed by atoms with van der Waals surface area (Å²) >= 11 is 2.40. The van der Waals surface area contributed by atoms with Gasteiger partial charge < -0.3 is 4.90 Å². The summed E-state index contributed by atoms with van der Waals surface area (Å²) in [6.45, 7) is 2.86. The molecule has 2 aromatic heterocycles. The molecular formula is C32H31AsFN7O2. The molecule has 0 unspecified atom stereocenters. The van der Waals surface area contributed by atoms with Gasteiger partial charge in [0, 0.05) is 0 Å². The number of halogens is 1. The van der Waals surface area contributed by atoms with Gasteiger partial charge in [-0.2, -0.15) is 0 Å². The van der Waals surface area contributed by atoms with Crippen LogP contribution in [-0.4, -0.2) is 85.0 Å². The number of fused-ring (bicyclic) bond motifs is 1. The minimum absolute atomic E-state index is 0.172. The average Bonchev–Trinajstić information content (AvgIpc) is 3.63. The number of amides is 1. The van der Waals surface area contributed by atoms with Crippen LogP contribution in [-0.2, 0) is 11.3 Å². The number of piperidine rings is 1. The van der Waals surface area contributed by atoms with Gasteiger partial charge in [-0.3, -0.25) is 0 Å². The Kier molecular flexibility index (Phi) is 8.55. The molecule has 1 amide bonds. The number of benzene rings is 2. The molecule has 0 N–H and O–H groups in total. The third kappa shape index (κ3) is 6.19. The molecule has 2 radical (unpaired) electrons. The summed E-state index contributed by atoms with van der Waals surface area (Å²) in [6.07, 6.45) is 6.81. The van der Waals surface area contributed by atoms with Crippen molar-refractivity contribution in [2.24, 2.45) is 5.92 Å². The molecule has 2 aromatic carbocycles. The molecule has 1 atom stereocenters. The number of nitrogens with zero attached hydrogens (tertiary/aromatic N) is 7. The molecule has 43 heavy (non-hydrogen) atoms. The van der Waals surface area contributed by atoms with Gasteiger partial charge in [-0.15, -0.1) is 0 Å². The number of carbonyl (C=O) groups is 1. The standard InChI is InChI=1S/C32H31AsFN7O2/c1-39-14-11-21(12-15-39)16-22(18-35)32(42)40-13-5-6-23(40)19-41-31-28(30(33)36-20-37-31)29(38-41)26-10-9-25(17-27(26)34)43-24-7-3-2-4-8-24/h2-4,7-10,16-17,20-21,23H,5-6,11-15,19H2,1H3/t23-/m1/s1. The van der Waals surface area contributed by atoms with Crippen LogP contribution in [0.4, 0.5) is 4.39 Å². The summed E-state index contributed by atoms with van der Waals surface area (Å²) in [4.78, 5) is 26.5. The Bertz CT molecular complexity index is 1710. The van der Waals surface area contributed by atoms with E-state index in [2.05, 4.69) is 44.8 Å². The van der Waals surface area contributed by atoms with Gasteiger partial charge in [-0.1, -0.05) is 0 Å². The number of ether oxygens (including phenoxy) is 1. The number of rotatable bonds is 7. The van der Waals surface area contributed by atoms with Gasteiger partial charge in [0.25, 0.3) is 0 Å². The zero-order valence-corrected chi connectivity index (χ0v) is 25.7. The minimum atomic E-state index is -0.480.